The number of benzene rings is 3. The zero-order chi connectivity index (χ0) is 19.1. The van der Waals surface area contributed by atoms with Gasteiger partial charge in [-0.2, -0.15) is 0 Å². The van der Waals surface area contributed by atoms with Crippen LogP contribution in [0.3, 0.4) is 0 Å². The number of carbonyl (C=O) groups excluding carboxylic acids is 1. The predicted molar refractivity (Wildman–Crippen MR) is 116 cm³/mol. The highest BCUT2D eigenvalue weighted by atomic mass is 16.5. The van der Waals surface area contributed by atoms with E-state index >= 15 is 0 Å². The Morgan fingerprint density at radius 2 is 1.71 bits per heavy atom. The maximum atomic E-state index is 12.2. The summed E-state index contributed by atoms with van der Waals surface area (Å²) in [5.41, 5.74) is 3.08. The average Bonchev–Trinajstić information content (AvgIpc) is 2.98. The van der Waals surface area contributed by atoms with Crippen molar-refractivity contribution in [2.24, 2.45) is 4.99 Å². The zero-order valence-electron chi connectivity index (χ0n) is 15.6. The Morgan fingerprint density at radius 1 is 0.964 bits per heavy atom. The van der Waals surface area contributed by atoms with E-state index in [1.165, 1.54) is 32.7 Å². The smallest absolute Gasteiger partial charge is 0.334 e. The van der Waals surface area contributed by atoms with Crippen molar-refractivity contribution in [1.29, 1.82) is 0 Å². The fraction of sp³-hybridized carbons (Fsp3) is 0.120. The van der Waals surface area contributed by atoms with E-state index in [9.17, 15) is 4.79 Å². The molecule has 0 bridgehead atoms. The molecular formula is C25H19NO2. The monoisotopic (exact) mass is 365 g/mol. The molecule has 0 atom stereocenters. The molecule has 0 radical (unpaired) electrons. The minimum absolute atomic E-state index is 0.229. The molecule has 136 valence electrons. The summed E-state index contributed by atoms with van der Waals surface area (Å²) in [4.78, 5) is 16.5. The number of aliphatic imine (C=N–C) groups is 1. The molecule has 3 heteroatoms. The first-order valence-corrected chi connectivity index (χ1v) is 9.51. The normalized spacial score (nSPS) is 14.5. The average molecular weight is 365 g/mol. The molecule has 0 saturated heterocycles. The van der Waals surface area contributed by atoms with E-state index in [-0.39, 0.29) is 5.97 Å². The molecule has 1 aliphatic carbocycles. The first-order valence-electron chi connectivity index (χ1n) is 9.51. The minimum Gasteiger partial charge on any atom is -0.463 e. The Balaban J connectivity index is 1.74. The number of esters is 1. The van der Waals surface area contributed by atoms with Gasteiger partial charge < -0.3 is 4.74 Å². The SMILES string of the molecule is CCOC(=O)C1=CC=c2ccc3c(ccc4c5c(ccc43)=CN=CC=C5)c2C1. The van der Waals surface area contributed by atoms with Gasteiger partial charge in [0.05, 0.1) is 6.61 Å². The van der Waals surface area contributed by atoms with Crippen LogP contribution in [0.5, 0.6) is 0 Å². The Kier molecular flexibility index (Phi) is 3.94. The molecule has 0 amide bonds. The lowest BCUT2D eigenvalue weighted by molar-refractivity contribution is -0.138. The highest BCUT2D eigenvalue weighted by molar-refractivity contribution is 6.11. The Morgan fingerprint density at radius 3 is 2.57 bits per heavy atom. The summed E-state index contributed by atoms with van der Waals surface area (Å²) in [5, 5.41) is 7.10. The van der Waals surface area contributed by atoms with Gasteiger partial charge in [0, 0.05) is 29.6 Å². The highest BCUT2D eigenvalue weighted by Gasteiger charge is 2.17. The highest BCUT2D eigenvalue weighted by Crippen LogP contribution is 2.29. The van der Waals surface area contributed by atoms with Crippen molar-refractivity contribution < 1.29 is 9.53 Å². The molecule has 0 saturated carbocycles. The van der Waals surface area contributed by atoms with Gasteiger partial charge in [0.1, 0.15) is 0 Å². The van der Waals surface area contributed by atoms with Crippen LogP contribution < -0.4 is 10.4 Å². The Bertz CT molecular complexity index is 1360. The second kappa shape index (κ2) is 6.61. The molecule has 0 aromatic heterocycles. The van der Waals surface area contributed by atoms with Crippen molar-refractivity contribution in [3.63, 3.8) is 0 Å². The van der Waals surface area contributed by atoms with Gasteiger partial charge in [-0.05, 0) is 50.9 Å². The van der Waals surface area contributed by atoms with Gasteiger partial charge in [-0.1, -0.05) is 54.6 Å². The number of hydrogen-bond donors (Lipinski definition) is 0. The van der Waals surface area contributed by atoms with E-state index in [1.807, 2.05) is 37.6 Å². The van der Waals surface area contributed by atoms with Crippen molar-refractivity contribution in [2.75, 3.05) is 6.61 Å². The van der Waals surface area contributed by atoms with E-state index in [1.54, 1.807) is 0 Å². The zero-order valence-corrected chi connectivity index (χ0v) is 15.6. The summed E-state index contributed by atoms with van der Waals surface area (Å²) >= 11 is 0. The predicted octanol–water partition coefficient (Wildman–Crippen LogP) is 3.65. The maximum absolute atomic E-state index is 12.2. The van der Waals surface area contributed by atoms with Crippen LogP contribution in [0.15, 0.2) is 59.1 Å². The van der Waals surface area contributed by atoms with Crippen LogP contribution in [-0.4, -0.2) is 18.8 Å². The van der Waals surface area contributed by atoms with Crippen LogP contribution in [-0.2, 0) is 16.0 Å². The number of allylic oxidation sites excluding steroid dienone is 2. The lowest BCUT2D eigenvalue weighted by Crippen LogP contribution is -2.19. The first kappa shape index (κ1) is 16.7. The van der Waals surface area contributed by atoms with Crippen molar-refractivity contribution in [1.82, 2.24) is 0 Å². The van der Waals surface area contributed by atoms with Crippen LogP contribution in [0.25, 0.3) is 39.9 Å². The number of carbonyl (C=O) groups is 1. The number of hydrogen-bond acceptors (Lipinski definition) is 3. The molecule has 5 rings (SSSR count). The summed E-state index contributed by atoms with van der Waals surface area (Å²) in [7, 11) is 0. The molecular weight excluding hydrogens is 346 g/mol. The molecule has 1 heterocycles. The van der Waals surface area contributed by atoms with Crippen molar-refractivity contribution in [2.45, 2.75) is 13.3 Å². The van der Waals surface area contributed by atoms with Crippen LogP contribution >= 0.6 is 0 Å². The molecule has 0 spiro atoms. The second-order valence-corrected chi connectivity index (χ2v) is 7.00. The van der Waals surface area contributed by atoms with Gasteiger partial charge >= 0.3 is 5.97 Å². The third-order valence-electron chi connectivity index (χ3n) is 5.44. The third-order valence-corrected chi connectivity index (χ3v) is 5.44. The summed E-state index contributed by atoms with van der Waals surface area (Å²) < 4.78 is 5.20. The van der Waals surface area contributed by atoms with Gasteiger partial charge in [-0.25, -0.2) is 4.79 Å². The number of fused-ring (bicyclic) bond motifs is 7. The van der Waals surface area contributed by atoms with E-state index in [2.05, 4.69) is 47.5 Å². The quantitative estimate of drug-likeness (QED) is 0.514. The topological polar surface area (TPSA) is 38.7 Å². The van der Waals surface area contributed by atoms with E-state index in [0.29, 0.717) is 18.6 Å². The molecule has 2 aliphatic rings. The lowest BCUT2D eigenvalue weighted by Gasteiger charge is -2.15. The van der Waals surface area contributed by atoms with Crippen LogP contribution in [0.1, 0.15) is 18.1 Å². The summed E-state index contributed by atoms with van der Waals surface area (Å²) in [6.45, 7) is 2.23. The summed E-state index contributed by atoms with van der Waals surface area (Å²) in [6.07, 6.45) is 12.3. The van der Waals surface area contributed by atoms with Gasteiger partial charge in [0.2, 0.25) is 0 Å². The van der Waals surface area contributed by atoms with Crippen LogP contribution in [0.2, 0.25) is 0 Å². The number of ether oxygens (including phenoxy) is 1. The Hall–Kier alpha value is -3.46. The standard InChI is InChI=1S/C25H19NO2/c1-2-28-25(27)17-6-5-16-7-9-22-21-10-8-18-15-26-13-3-4-19(18)20(21)11-12-23(22)24(16)14-17/h3-13,15H,2,14H2,1H3. The summed E-state index contributed by atoms with van der Waals surface area (Å²) in [6, 6.07) is 13.0. The van der Waals surface area contributed by atoms with Crippen LogP contribution in [0, 0.1) is 0 Å². The van der Waals surface area contributed by atoms with Gasteiger partial charge in [0.25, 0.3) is 0 Å². The van der Waals surface area contributed by atoms with E-state index in [4.69, 9.17) is 4.74 Å². The van der Waals surface area contributed by atoms with Gasteiger partial charge in [0.15, 0.2) is 0 Å². The third kappa shape index (κ3) is 2.59. The Labute approximate surface area is 162 Å². The minimum atomic E-state index is -0.229. The van der Waals surface area contributed by atoms with Crippen molar-refractivity contribution in [3.05, 3.63) is 75.7 Å². The number of rotatable bonds is 2. The van der Waals surface area contributed by atoms with Crippen molar-refractivity contribution in [3.8, 4) is 0 Å². The van der Waals surface area contributed by atoms with E-state index < -0.39 is 0 Å². The molecule has 0 unspecified atom stereocenters. The van der Waals surface area contributed by atoms with Gasteiger partial charge in [-0.3, -0.25) is 4.99 Å². The maximum Gasteiger partial charge on any atom is 0.334 e. The molecule has 3 aromatic rings. The van der Waals surface area contributed by atoms with Crippen LogP contribution in [0.4, 0.5) is 0 Å². The molecule has 3 nitrogen and oxygen atoms in total. The largest absolute Gasteiger partial charge is 0.463 e. The molecule has 0 N–H and O–H groups in total. The fourth-order valence-corrected chi connectivity index (χ4v) is 4.11. The summed E-state index contributed by atoms with van der Waals surface area (Å²) in [5.74, 6) is -0.229. The first-order chi connectivity index (χ1) is 13.8. The lowest BCUT2D eigenvalue weighted by atomic mass is 9.89. The van der Waals surface area contributed by atoms with E-state index in [0.717, 1.165) is 10.4 Å². The molecule has 0 fully saturated rings. The molecule has 28 heavy (non-hydrogen) atoms. The second-order valence-electron chi connectivity index (χ2n) is 7.00. The molecule has 3 aromatic carbocycles. The number of nitrogens with zero attached hydrogens (tertiary/aromatic N) is 1. The fourth-order valence-electron chi connectivity index (χ4n) is 4.11. The molecule has 1 aliphatic heterocycles. The van der Waals surface area contributed by atoms with Gasteiger partial charge in [-0.15, -0.1) is 0 Å². The van der Waals surface area contributed by atoms with Crippen molar-refractivity contribution >= 4 is 52.1 Å².